The van der Waals surface area contributed by atoms with Crippen LogP contribution in [-0.4, -0.2) is 26.3 Å². The Morgan fingerprint density at radius 2 is 2.00 bits per heavy atom. The van der Waals surface area contributed by atoms with E-state index in [4.69, 9.17) is 4.74 Å². The number of hydrogen-bond acceptors (Lipinski definition) is 2. The first-order valence-corrected chi connectivity index (χ1v) is 5.57. The third kappa shape index (κ3) is 8.26. The van der Waals surface area contributed by atoms with Gasteiger partial charge in [0.2, 0.25) is 0 Å². The molecule has 1 N–H and O–H groups in total. The Balaban J connectivity index is 3.25. The Morgan fingerprint density at radius 1 is 1.23 bits per heavy atom. The Hall–Kier alpha value is -0.0800. The van der Waals surface area contributed by atoms with Crippen molar-refractivity contribution < 1.29 is 4.74 Å². The van der Waals surface area contributed by atoms with Crippen molar-refractivity contribution in [2.75, 3.05) is 20.3 Å². The van der Waals surface area contributed by atoms with Crippen molar-refractivity contribution in [3.05, 3.63) is 0 Å². The minimum absolute atomic E-state index is 0.719. The van der Waals surface area contributed by atoms with Crippen LogP contribution in [0.3, 0.4) is 0 Å². The first kappa shape index (κ1) is 12.9. The molecule has 0 aromatic carbocycles. The van der Waals surface area contributed by atoms with Crippen molar-refractivity contribution in [3.8, 4) is 0 Å². The van der Waals surface area contributed by atoms with Gasteiger partial charge in [-0.1, -0.05) is 13.8 Å². The maximum Gasteiger partial charge on any atom is 0.0462 e. The summed E-state index contributed by atoms with van der Waals surface area (Å²) in [6.07, 6.45) is 6.24. The van der Waals surface area contributed by atoms with Gasteiger partial charge in [-0.15, -0.1) is 0 Å². The van der Waals surface area contributed by atoms with Crippen molar-refractivity contribution in [2.45, 2.75) is 52.0 Å². The Bertz CT molecular complexity index is 96.1. The van der Waals surface area contributed by atoms with E-state index in [-0.39, 0.29) is 0 Å². The molecule has 80 valence electrons. The van der Waals surface area contributed by atoms with Crippen molar-refractivity contribution >= 4 is 0 Å². The van der Waals surface area contributed by atoms with Gasteiger partial charge >= 0.3 is 0 Å². The van der Waals surface area contributed by atoms with E-state index in [0.29, 0.717) is 0 Å². The average Bonchev–Trinajstić information content (AvgIpc) is 2.17. The molecular weight excluding hydrogens is 162 g/mol. The molecule has 0 heterocycles. The van der Waals surface area contributed by atoms with Crippen LogP contribution in [0.5, 0.6) is 0 Å². The quantitative estimate of drug-likeness (QED) is 0.560. The number of unbranched alkanes of at least 4 members (excludes halogenated alkanes) is 1. The molecule has 0 aliphatic carbocycles. The zero-order valence-corrected chi connectivity index (χ0v) is 9.44. The second kappa shape index (κ2) is 10.0. The molecule has 2 heteroatoms. The molecule has 0 aliphatic heterocycles. The predicted octanol–water partition coefficient (Wildman–Crippen LogP) is 2.58. The van der Waals surface area contributed by atoms with Gasteiger partial charge in [-0.05, 0) is 38.6 Å². The maximum atomic E-state index is 5.02. The van der Waals surface area contributed by atoms with Crippen LogP contribution < -0.4 is 5.32 Å². The highest BCUT2D eigenvalue weighted by molar-refractivity contribution is 4.64. The Morgan fingerprint density at radius 3 is 2.54 bits per heavy atom. The molecule has 0 aromatic heterocycles. The van der Waals surface area contributed by atoms with Crippen LogP contribution in [0.1, 0.15) is 46.0 Å². The van der Waals surface area contributed by atoms with Gasteiger partial charge in [0, 0.05) is 19.8 Å². The van der Waals surface area contributed by atoms with E-state index in [2.05, 4.69) is 19.2 Å². The minimum atomic E-state index is 0.719. The minimum Gasteiger partial charge on any atom is -0.385 e. The fourth-order valence-electron chi connectivity index (χ4n) is 1.44. The van der Waals surface area contributed by atoms with Gasteiger partial charge in [0.05, 0.1) is 0 Å². The highest BCUT2D eigenvalue weighted by Gasteiger charge is 2.03. The van der Waals surface area contributed by atoms with Crippen molar-refractivity contribution in [1.29, 1.82) is 0 Å². The number of nitrogens with one attached hydrogen (secondary N) is 1. The molecular formula is C11H25NO. The van der Waals surface area contributed by atoms with E-state index < -0.39 is 0 Å². The summed E-state index contributed by atoms with van der Waals surface area (Å²) in [5.41, 5.74) is 0. The summed E-state index contributed by atoms with van der Waals surface area (Å²) >= 11 is 0. The highest BCUT2D eigenvalue weighted by Crippen LogP contribution is 2.04. The lowest BCUT2D eigenvalue weighted by atomic mass is 10.1. The van der Waals surface area contributed by atoms with E-state index in [1.54, 1.807) is 7.11 Å². The van der Waals surface area contributed by atoms with E-state index >= 15 is 0 Å². The van der Waals surface area contributed by atoms with Crippen LogP contribution >= 0.6 is 0 Å². The fraction of sp³-hybridized carbons (Fsp3) is 1.00. The molecule has 0 rings (SSSR count). The molecule has 0 spiro atoms. The molecule has 0 fully saturated rings. The van der Waals surface area contributed by atoms with Crippen molar-refractivity contribution in [3.63, 3.8) is 0 Å². The van der Waals surface area contributed by atoms with Gasteiger partial charge in [-0.25, -0.2) is 0 Å². The van der Waals surface area contributed by atoms with E-state index in [1.165, 1.54) is 32.1 Å². The number of rotatable bonds is 9. The van der Waals surface area contributed by atoms with Gasteiger partial charge in [-0.2, -0.15) is 0 Å². The average molecular weight is 187 g/mol. The standard InChI is InChI=1S/C11H25NO/c1-4-9-12-11(5-2)8-6-7-10-13-3/h11-12H,4-10H2,1-3H3. The van der Waals surface area contributed by atoms with Gasteiger partial charge in [0.25, 0.3) is 0 Å². The summed E-state index contributed by atoms with van der Waals surface area (Å²) in [6.45, 7) is 6.53. The van der Waals surface area contributed by atoms with Gasteiger partial charge in [0.15, 0.2) is 0 Å². The maximum absolute atomic E-state index is 5.02. The van der Waals surface area contributed by atoms with Gasteiger partial charge in [-0.3, -0.25) is 0 Å². The molecule has 0 bridgehead atoms. The number of methoxy groups -OCH3 is 1. The largest absolute Gasteiger partial charge is 0.385 e. The summed E-state index contributed by atoms with van der Waals surface area (Å²) in [4.78, 5) is 0. The lowest BCUT2D eigenvalue weighted by Gasteiger charge is -2.15. The summed E-state index contributed by atoms with van der Waals surface area (Å²) in [7, 11) is 1.77. The third-order valence-electron chi connectivity index (χ3n) is 2.33. The van der Waals surface area contributed by atoms with Crippen molar-refractivity contribution in [2.24, 2.45) is 0 Å². The second-order valence-corrected chi connectivity index (χ2v) is 3.55. The van der Waals surface area contributed by atoms with E-state index in [9.17, 15) is 0 Å². The smallest absolute Gasteiger partial charge is 0.0462 e. The molecule has 0 saturated carbocycles. The summed E-state index contributed by atoms with van der Waals surface area (Å²) in [5.74, 6) is 0. The van der Waals surface area contributed by atoms with Crippen LogP contribution in [0.4, 0.5) is 0 Å². The molecule has 1 unspecified atom stereocenters. The molecule has 0 radical (unpaired) electrons. The van der Waals surface area contributed by atoms with Crippen LogP contribution in [0.15, 0.2) is 0 Å². The zero-order chi connectivity index (χ0) is 9.94. The number of ether oxygens (including phenoxy) is 1. The molecule has 0 amide bonds. The normalized spacial score (nSPS) is 13.2. The summed E-state index contributed by atoms with van der Waals surface area (Å²) in [5, 5.41) is 3.56. The molecule has 0 aliphatic rings. The first-order valence-electron chi connectivity index (χ1n) is 5.57. The van der Waals surface area contributed by atoms with E-state index in [1.807, 2.05) is 0 Å². The van der Waals surface area contributed by atoms with Crippen molar-refractivity contribution in [1.82, 2.24) is 5.32 Å². The number of hydrogen-bond donors (Lipinski definition) is 1. The lowest BCUT2D eigenvalue weighted by molar-refractivity contribution is 0.190. The second-order valence-electron chi connectivity index (χ2n) is 3.55. The van der Waals surface area contributed by atoms with Crippen LogP contribution in [0.25, 0.3) is 0 Å². The predicted molar refractivity (Wildman–Crippen MR) is 58.1 cm³/mol. The van der Waals surface area contributed by atoms with Crippen LogP contribution in [0, 0.1) is 0 Å². The zero-order valence-electron chi connectivity index (χ0n) is 9.44. The van der Waals surface area contributed by atoms with Gasteiger partial charge < -0.3 is 10.1 Å². The molecule has 0 saturated heterocycles. The fourth-order valence-corrected chi connectivity index (χ4v) is 1.44. The Kier molecular flexibility index (Phi) is 9.94. The summed E-state index contributed by atoms with van der Waals surface area (Å²) in [6, 6.07) is 0.719. The van der Waals surface area contributed by atoms with Crippen LogP contribution in [-0.2, 0) is 4.74 Å². The molecule has 13 heavy (non-hydrogen) atoms. The first-order chi connectivity index (χ1) is 6.35. The van der Waals surface area contributed by atoms with Crippen LogP contribution in [0.2, 0.25) is 0 Å². The SMILES string of the molecule is CCCNC(CC)CCCCOC. The third-order valence-corrected chi connectivity index (χ3v) is 2.33. The topological polar surface area (TPSA) is 21.3 Å². The monoisotopic (exact) mass is 187 g/mol. The lowest BCUT2D eigenvalue weighted by Crippen LogP contribution is -2.28. The summed E-state index contributed by atoms with van der Waals surface area (Å²) < 4.78 is 5.02. The van der Waals surface area contributed by atoms with E-state index in [0.717, 1.165) is 19.2 Å². The molecule has 0 aromatic rings. The molecule has 2 nitrogen and oxygen atoms in total. The van der Waals surface area contributed by atoms with Gasteiger partial charge in [0.1, 0.15) is 0 Å². The Labute approximate surface area is 83.1 Å². The highest BCUT2D eigenvalue weighted by atomic mass is 16.5. The molecule has 1 atom stereocenters.